The van der Waals surface area contributed by atoms with Gasteiger partial charge >= 0.3 is 0 Å². The lowest BCUT2D eigenvalue weighted by molar-refractivity contribution is -0.118. The van der Waals surface area contributed by atoms with Crippen molar-refractivity contribution in [1.82, 2.24) is 10.3 Å². The molecule has 1 aromatic heterocycles. The van der Waals surface area contributed by atoms with E-state index in [0.29, 0.717) is 36.8 Å². The molecule has 0 saturated carbocycles. The van der Waals surface area contributed by atoms with Crippen LogP contribution >= 0.6 is 11.3 Å². The highest BCUT2D eigenvalue weighted by atomic mass is 32.1. The highest BCUT2D eigenvalue weighted by Crippen LogP contribution is 2.31. The predicted molar refractivity (Wildman–Crippen MR) is 135 cm³/mol. The van der Waals surface area contributed by atoms with E-state index in [1.807, 2.05) is 39.0 Å². The van der Waals surface area contributed by atoms with Crippen molar-refractivity contribution >= 4 is 44.2 Å². The number of anilines is 2. The molecule has 8 nitrogen and oxygen atoms in total. The third kappa shape index (κ3) is 5.66. The normalized spacial score (nSPS) is 14.8. The third-order valence-electron chi connectivity index (χ3n) is 5.59. The van der Waals surface area contributed by atoms with Crippen LogP contribution in [-0.4, -0.2) is 55.8 Å². The number of aromatic nitrogens is 1. The van der Waals surface area contributed by atoms with Crippen LogP contribution in [0.15, 0.2) is 42.5 Å². The van der Waals surface area contributed by atoms with Crippen LogP contribution in [0.1, 0.15) is 31.1 Å². The van der Waals surface area contributed by atoms with E-state index < -0.39 is 6.04 Å². The van der Waals surface area contributed by atoms with E-state index in [2.05, 4.69) is 15.5 Å². The largest absolute Gasteiger partial charge is 0.494 e. The number of nitrogens with one attached hydrogen (secondary N) is 2. The Hall–Kier alpha value is -3.17. The Kier molecular flexibility index (Phi) is 7.64. The van der Waals surface area contributed by atoms with Crippen LogP contribution in [0.4, 0.5) is 10.8 Å². The maximum absolute atomic E-state index is 13.1. The molecule has 2 N–H and O–H groups in total. The minimum atomic E-state index is -0.680. The van der Waals surface area contributed by atoms with Crippen LogP contribution in [0.2, 0.25) is 0 Å². The first-order valence-corrected chi connectivity index (χ1v) is 12.3. The molecule has 34 heavy (non-hydrogen) atoms. The summed E-state index contributed by atoms with van der Waals surface area (Å²) >= 11 is 1.60. The summed E-state index contributed by atoms with van der Waals surface area (Å²) in [5.41, 5.74) is 2.05. The number of hydrogen-bond acceptors (Lipinski definition) is 7. The van der Waals surface area contributed by atoms with Gasteiger partial charge in [-0.2, -0.15) is 0 Å². The van der Waals surface area contributed by atoms with Crippen molar-refractivity contribution in [2.45, 2.75) is 26.8 Å². The summed E-state index contributed by atoms with van der Waals surface area (Å²) in [6.07, 6.45) is 0. The number of nitrogens with zero attached hydrogens (tertiary/aromatic N) is 2. The zero-order valence-electron chi connectivity index (χ0n) is 19.7. The number of thiazole rings is 1. The lowest BCUT2D eigenvalue weighted by Crippen LogP contribution is -2.47. The van der Waals surface area contributed by atoms with Gasteiger partial charge < -0.3 is 25.0 Å². The molecule has 2 amide bonds. The molecule has 2 heterocycles. The Balaban J connectivity index is 1.43. The van der Waals surface area contributed by atoms with Gasteiger partial charge in [-0.25, -0.2) is 4.98 Å². The van der Waals surface area contributed by atoms with Crippen molar-refractivity contribution in [3.63, 3.8) is 0 Å². The fraction of sp³-hybridized carbons (Fsp3) is 0.400. The topological polar surface area (TPSA) is 92.8 Å². The van der Waals surface area contributed by atoms with Crippen molar-refractivity contribution in [1.29, 1.82) is 0 Å². The zero-order chi connectivity index (χ0) is 24.1. The van der Waals surface area contributed by atoms with E-state index >= 15 is 0 Å². The number of ether oxygens (including phenoxy) is 2. The minimum absolute atomic E-state index is 0.0910. The zero-order valence-corrected chi connectivity index (χ0v) is 20.5. The van der Waals surface area contributed by atoms with Crippen molar-refractivity contribution in [3.8, 4) is 5.75 Å². The molecule has 1 aliphatic rings. The molecular formula is C25H30N4O4S. The lowest BCUT2D eigenvalue weighted by atomic mass is 10.0. The van der Waals surface area contributed by atoms with Crippen LogP contribution in [0.3, 0.4) is 0 Å². The number of carbonyl (C=O) groups excluding carboxylic acids is 2. The minimum Gasteiger partial charge on any atom is -0.494 e. The van der Waals surface area contributed by atoms with E-state index in [9.17, 15) is 9.59 Å². The van der Waals surface area contributed by atoms with Gasteiger partial charge in [0.15, 0.2) is 5.13 Å². The monoisotopic (exact) mass is 482 g/mol. The van der Waals surface area contributed by atoms with E-state index in [-0.39, 0.29) is 17.7 Å². The standard InChI is InChI=1S/C25H30N4O4S/c1-4-33-19-8-5-17(6-9-19)23(30)28-22(16(2)3)24(31)26-18-7-10-20-21(15-18)34-25(27-20)29-11-13-32-14-12-29/h5-10,15-16,22H,4,11-14H2,1-3H3,(H,26,31)(H,28,30)/t22-/m0/s1. The van der Waals surface area contributed by atoms with E-state index in [1.165, 1.54) is 0 Å². The Morgan fingerprint density at radius 1 is 1.15 bits per heavy atom. The van der Waals surface area contributed by atoms with Crippen molar-refractivity contribution in [3.05, 3.63) is 48.0 Å². The van der Waals surface area contributed by atoms with Crippen LogP contribution < -0.4 is 20.3 Å². The van der Waals surface area contributed by atoms with Gasteiger partial charge in [-0.05, 0) is 55.3 Å². The molecule has 3 aromatic rings. The summed E-state index contributed by atoms with van der Waals surface area (Å²) in [5, 5.41) is 6.79. The first-order valence-electron chi connectivity index (χ1n) is 11.5. The van der Waals surface area contributed by atoms with Crippen molar-refractivity contribution in [2.24, 2.45) is 5.92 Å². The van der Waals surface area contributed by atoms with Gasteiger partial charge in [0.25, 0.3) is 5.91 Å². The van der Waals surface area contributed by atoms with Gasteiger partial charge in [-0.1, -0.05) is 25.2 Å². The Morgan fingerprint density at radius 2 is 1.88 bits per heavy atom. The second-order valence-electron chi connectivity index (χ2n) is 8.42. The average molecular weight is 483 g/mol. The number of carbonyl (C=O) groups is 2. The number of morpholine rings is 1. The van der Waals surface area contributed by atoms with Gasteiger partial charge in [-0.15, -0.1) is 0 Å². The summed E-state index contributed by atoms with van der Waals surface area (Å²) in [6.45, 7) is 9.34. The molecule has 0 radical (unpaired) electrons. The average Bonchev–Trinajstić information content (AvgIpc) is 3.27. The lowest BCUT2D eigenvalue weighted by Gasteiger charge is -2.25. The molecule has 0 spiro atoms. The van der Waals surface area contributed by atoms with Crippen LogP contribution in [0, 0.1) is 5.92 Å². The van der Waals surface area contributed by atoms with Crippen LogP contribution in [0.5, 0.6) is 5.75 Å². The quantitative estimate of drug-likeness (QED) is 0.506. The molecule has 0 aliphatic carbocycles. The fourth-order valence-corrected chi connectivity index (χ4v) is 4.79. The van der Waals surface area contributed by atoms with E-state index in [0.717, 1.165) is 28.4 Å². The first-order chi connectivity index (χ1) is 16.4. The summed E-state index contributed by atoms with van der Waals surface area (Å²) in [6, 6.07) is 11.9. The molecule has 1 fully saturated rings. The molecule has 0 unspecified atom stereocenters. The maximum atomic E-state index is 13.1. The summed E-state index contributed by atoms with van der Waals surface area (Å²) in [4.78, 5) is 32.8. The highest BCUT2D eigenvalue weighted by molar-refractivity contribution is 7.22. The second-order valence-corrected chi connectivity index (χ2v) is 9.43. The summed E-state index contributed by atoms with van der Waals surface area (Å²) < 4.78 is 11.8. The highest BCUT2D eigenvalue weighted by Gasteiger charge is 2.25. The molecule has 1 aliphatic heterocycles. The molecule has 2 aromatic carbocycles. The Morgan fingerprint density at radius 3 is 2.56 bits per heavy atom. The van der Waals surface area contributed by atoms with Crippen LogP contribution in [-0.2, 0) is 9.53 Å². The van der Waals surface area contributed by atoms with Gasteiger partial charge in [0.1, 0.15) is 11.8 Å². The summed E-state index contributed by atoms with van der Waals surface area (Å²) in [5.74, 6) is 0.0515. The number of hydrogen-bond donors (Lipinski definition) is 2. The second kappa shape index (κ2) is 10.8. The smallest absolute Gasteiger partial charge is 0.251 e. The number of rotatable bonds is 8. The molecule has 4 rings (SSSR count). The van der Waals surface area contributed by atoms with Crippen molar-refractivity contribution in [2.75, 3.05) is 43.1 Å². The van der Waals surface area contributed by atoms with E-state index in [1.54, 1.807) is 35.6 Å². The third-order valence-corrected chi connectivity index (χ3v) is 6.67. The number of benzene rings is 2. The van der Waals surface area contributed by atoms with Crippen LogP contribution in [0.25, 0.3) is 10.2 Å². The van der Waals surface area contributed by atoms with Gasteiger partial charge in [0.05, 0.1) is 30.0 Å². The van der Waals surface area contributed by atoms with Crippen molar-refractivity contribution < 1.29 is 19.1 Å². The SMILES string of the molecule is CCOc1ccc(C(=O)N[C@H](C(=O)Nc2ccc3nc(N4CCOCC4)sc3c2)C(C)C)cc1. The first kappa shape index (κ1) is 24.0. The molecule has 1 saturated heterocycles. The molecule has 0 bridgehead atoms. The molecule has 1 atom stereocenters. The fourth-order valence-electron chi connectivity index (χ4n) is 3.73. The summed E-state index contributed by atoms with van der Waals surface area (Å²) in [7, 11) is 0. The Labute approximate surface area is 203 Å². The van der Waals surface area contributed by atoms with E-state index in [4.69, 9.17) is 14.5 Å². The predicted octanol–water partition coefficient (Wildman–Crippen LogP) is 3.92. The number of fused-ring (bicyclic) bond motifs is 1. The Bertz CT molecular complexity index is 1140. The van der Waals surface area contributed by atoms with Gasteiger partial charge in [0.2, 0.25) is 5.91 Å². The molecular weight excluding hydrogens is 452 g/mol. The van der Waals surface area contributed by atoms with Gasteiger partial charge in [-0.3, -0.25) is 9.59 Å². The molecule has 180 valence electrons. The maximum Gasteiger partial charge on any atom is 0.251 e. The molecule has 9 heteroatoms. The van der Waals surface area contributed by atoms with Gasteiger partial charge in [0, 0.05) is 24.3 Å². The number of amides is 2.